The number of hydrogen-bond donors (Lipinski definition) is 1. The molecule has 2 aromatic rings. The zero-order valence-corrected chi connectivity index (χ0v) is 15.7. The Bertz CT molecular complexity index is 690. The van der Waals surface area contributed by atoms with Crippen molar-refractivity contribution in [3.05, 3.63) is 41.5 Å². The van der Waals surface area contributed by atoms with Crippen LogP contribution in [0.5, 0.6) is 5.75 Å². The van der Waals surface area contributed by atoms with E-state index in [1.807, 2.05) is 19.1 Å². The summed E-state index contributed by atoms with van der Waals surface area (Å²) < 4.78 is 11.4. The predicted octanol–water partition coefficient (Wildman–Crippen LogP) is 3.08. The Morgan fingerprint density at radius 1 is 1.28 bits per heavy atom. The van der Waals surface area contributed by atoms with Crippen LogP contribution in [0.4, 0.5) is 0 Å². The first-order chi connectivity index (χ1) is 11.8. The Morgan fingerprint density at radius 2 is 2.00 bits per heavy atom. The third-order valence-electron chi connectivity index (χ3n) is 4.65. The van der Waals surface area contributed by atoms with Crippen molar-refractivity contribution in [2.45, 2.75) is 45.3 Å². The Kier molecular flexibility index (Phi) is 5.11. The van der Waals surface area contributed by atoms with Gasteiger partial charge in [-0.1, -0.05) is 38.1 Å². The lowest BCUT2D eigenvalue weighted by Crippen LogP contribution is -2.44. The average molecular weight is 344 g/mol. The zero-order valence-electron chi connectivity index (χ0n) is 15.7. The SMILES string of the molecule is CC(Oc1ccc(C(C)(C)C)cc1)c1nc(C2CNCCN2C)no1. The van der Waals surface area contributed by atoms with E-state index in [1.54, 1.807) is 0 Å². The van der Waals surface area contributed by atoms with Crippen molar-refractivity contribution in [1.29, 1.82) is 0 Å². The van der Waals surface area contributed by atoms with E-state index in [4.69, 9.17) is 9.26 Å². The van der Waals surface area contributed by atoms with Gasteiger partial charge in [-0.25, -0.2) is 0 Å². The van der Waals surface area contributed by atoms with E-state index in [9.17, 15) is 0 Å². The molecule has 1 aromatic carbocycles. The largest absolute Gasteiger partial charge is 0.481 e. The van der Waals surface area contributed by atoms with E-state index in [2.05, 4.69) is 60.3 Å². The van der Waals surface area contributed by atoms with E-state index in [1.165, 1.54) is 5.56 Å². The van der Waals surface area contributed by atoms with Gasteiger partial charge in [-0.05, 0) is 37.1 Å². The maximum Gasteiger partial charge on any atom is 0.267 e. The molecule has 0 spiro atoms. The first-order valence-electron chi connectivity index (χ1n) is 8.86. The number of ether oxygens (including phenoxy) is 1. The van der Waals surface area contributed by atoms with Crippen molar-refractivity contribution in [3.8, 4) is 5.75 Å². The second-order valence-electron chi connectivity index (χ2n) is 7.73. The van der Waals surface area contributed by atoms with E-state index in [0.29, 0.717) is 11.7 Å². The highest BCUT2D eigenvalue weighted by Crippen LogP contribution is 2.27. The lowest BCUT2D eigenvalue weighted by Gasteiger charge is -2.30. The summed E-state index contributed by atoms with van der Waals surface area (Å²) >= 11 is 0. The predicted molar refractivity (Wildman–Crippen MR) is 96.7 cm³/mol. The summed E-state index contributed by atoms with van der Waals surface area (Å²) in [4.78, 5) is 6.79. The highest BCUT2D eigenvalue weighted by atomic mass is 16.5. The molecule has 25 heavy (non-hydrogen) atoms. The third-order valence-corrected chi connectivity index (χ3v) is 4.65. The van der Waals surface area contributed by atoms with Crippen LogP contribution in [0.3, 0.4) is 0 Å². The first kappa shape index (κ1) is 17.9. The average Bonchev–Trinajstić information content (AvgIpc) is 3.05. The van der Waals surface area contributed by atoms with Crippen LogP contribution in [0.2, 0.25) is 0 Å². The molecule has 0 radical (unpaired) electrons. The van der Waals surface area contributed by atoms with Crippen LogP contribution in [-0.4, -0.2) is 41.7 Å². The second-order valence-corrected chi connectivity index (χ2v) is 7.73. The number of hydrogen-bond acceptors (Lipinski definition) is 6. The highest BCUT2D eigenvalue weighted by Gasteiger charge is 2.26. The summed E-state index contributed by atoms with van der Waals surface area (Å²) in [6, 6.07) is 8.33. The topological polar surface area (TPSA) is 63.4 Å². The van der Waals surface area contributed by atoms with Crippen molar-refractivity contribution in [3.63, 3.8) is 0 Å². The molecule has 6 nitrogen and oxygen atoms in total. The molecule has 0 saturated carbocycles. The van der Waals surface area contributed by atoms with Gasteiger partial charge in [0.1, 0.15) is 5.75 Å². The zero-order chi connectivity index (χ0) is 18.0. The van der Waals surface area contributed by atoms with Crippen LogP contribution >= 0.6 is 0 Å². The minimum Gasteiger partial charge on any atom is -0.481 e. The normalized spacial score (nSPS) is 20.4. The lowest BCUT2D eigenvalue weighted by molar-refractivity contribution is 0.173. The first-order valence-corrected chi connectivity index (χ1v) is 8.86. The molecule has 1 saturated heterocycles. The standard InChI is InChI=1S/C19H28N4O2/c1-13(24-15-8-6-14(7-9-15)19(2,3)4)18-21-17(22-25-18)16-12-20-10-11-23(16)5/h6-9,13,16,20H,10-12H2,1-5H3. The van der Waals surface area contributed by atoms with Gasteiger partial charge in [0.15, 0.2) is 11.9 Å². The number of benzene rings is 1. The monoisotopic (exact) mass is 344 g/mol. The molecule has 0 bridgehead atoms. The van der Waals surface area contributed by atoms with Crippen molar-refractivity contribution in [2.24, 2.45) is 0 Å². The Balaban J connectivity index is 1.66. The van der Waals surface area contributed by atoms with Gasteiger partial charge in [-0.2, -0.15) is 4.98 Å². The minimum absolute atomic E-state index is 0.131. The molecule has 1 fully saturated rings. The molecule has 0 amide bonds. The minimum atomic E-state index is -0.288. The molecule has 6 heteroatoms. The molecule has 2 heterocycles. The van der Waals surface area contributed by atoms with Gasteiger partial charge < -0.3 is 14.6 Å². The summed E-state index contributed by atoms with van der Waals surface area (Å²) in [5.41, 5.74) is 1.41. The molecule has 1 N–H and O–H groups in total. The van der Waals surface area contributed by atoms with Gasteiger partial charge in [-0.15, -0.1) is 0 Å². The summed E-state index contributed by atoms with van der Waals surface area (Å²) in [6.45, 7) is 11.3. The summed E-state index contributed by atoms with van der Waals surface area (Å²) in [5, 5.41) is 7.52. The van der Waals surface area contributed by atoms with Crippen LogP contribution in [0, 0.1) is 0 Å². The van der Waals surface area contributed by atoms with Crippen molar-refractivity contribution >= 4 is 0 Å². The Morgan fingerprint density at radius 3 is 2.64 bits per heavy atom. The van der Waals surface area contributed by atoms with E-state index in [-0.39, 0.29) is 17.6 Å². The third kappa shape index (κ3) is 4.19. The highest BCUT2D eigenvalue weighted by molar-refractivity contribution is 5.31. The van der Waals surface area contributed by atoms with Crippen LogP contribution in [-0.2, 0) is 5.41 Å². The van der Waals surface area contributed by atoms with Gasteiger partial charge in [0.2, 0.25) is 0 Å². The Labute approximate surface area is 149 Å². The number of likely N-dealkylation sites (N-methyl/N-ethyl adjacent to an activating group) is 1. The maximum absolute atomic E-state index is 5.97. The number of piperazine rings is 1. The quantitative estimate of drug-likeness (QED) is 0.919. The van der Waals surface area contributed by atoms with Crippen molar-refractivity contribution in [2.75, 3.05) is 26.7 Å². The Hall–Kier alpha value is -1.92. The van der Waals surface area contributed by atoms with Crippen LogP contribution in [0.15, 0.2) is 28.8 Å². The molecule has 3 rings (SSSR count). The fraction of sp³-hybridized carbons (Fsp3) is 0.579. The second kappa shape index (κ2) is 7.14. The molecule has 1 aliphatic rings. The maximum atomic E-state index is 5.97. The molecule has 136 valence electrons. The molecule has 1 aromatic heterocycles. The van der Waals surface area contributed by atoms with Gasteiger partial charge in [0.25, 0.3) is 5.89 Å². The number of nitrogens with one attached hydrogen (secondary N) is 1. The van der Waals surface area contributed by atoms with E-state index >= 15 is 0 Å². The van der Waals surface area contributed by atoms with Gasteiger partial charge in [0, 0.05) is 19.6 Å². The molecule has 2 unspecified atom stereocenters. The molecular formula is C19H28N4O2. The van der Waals surface area contributed by atoms with E-state index in [0.717, 1.165) is 25.4 Å². The number of nitrogens with zero attached hydrogens (tertiary/aromatic N) is 3. The summed E-state index contributed by atoms with van der Waals surface area (Å²) in [7, 11) is 2.08. The lowest BCUT2D eigenvalue weighted by atomic mass is 9.87. The number of aromatic nitrogens is 2. The number of rotatable bonds is 4. The summed E-state index contributed by atoms with van der Waals surface area (Å²) in [6.07, 6.45) is -0.288. The van der Waals surface area contributed by atoms with Gasteiger partial charge >= 0.3 is 0 Å². The van der Waals surface area contributed by atoms with Crippen molar-refractivity contribution in [1.82, 2.24) is 20.4 Å². The van der Waals surface area contributed by atoms with Crippen molar-refractivity contribution < 1.29 is 9.26 Å². The molecular weight excluding hydrogens is 316 g/mol. The van der Waals surface area contributed by atoms with Gasteiger partial charge in [0.05, 0.1) is 6.04 Å². The fourth-order valence-corrected chi connectivity index (χ4v) is 2.93. The molecule has 2 atom stereocenters. The van der Waals surface area contributed by atoms with E-state index < -0.39 is 0 Å². The van der Waals surface area contributed by atoms with Gasteiger partial charge in [-0.3, -0.25) is 4.90 Å². The van der Waals surface area contributed by atoms with Crippen LogP contribution in [0.1, 0.15) is 57.1 Å². The smallest absolute Gasteiger partial charge is 0.267 e. The van der Waals surface area contributed by atoms with Crippen LogP contribution in [0.25, 0.3) is 0 Å². The molecule has 1 aliphatic heterocycles. The fourth-order valence-electron chi connectivity index (χ4n) is 2.93. The summed E-state index contributed by atoms with van der Waals surface area (Å²) in [5.74, 6) is 2.02. The molecule has 0 aliphatic carbocycles. The van der Waals surface area contributed by atoms with Crippen LogP contribution < -0.4 is 10.1 Å².